The number of hydrogen-bond donors (Lipinski definition) is 1. The Morgan fingerprint density at radius 3 is 2.26 bits per heavy atom. The molecule has 0 aliphatic carbocycles. The van der Waals surface area contributed by atoms with E-state index in [1.54, 1.807) is 0 Å². The number of halogens is 5. The molecule has 1 heterocycles. The van der Waals surface area contributed by atoms with Crippen LogP contribution in [0.25, 0.3) is 0 Å². The van der Waals surface area contributed by atoms with Gasteiger partial charge in [-0.05, 0) is 42.0 Å². The Morgan fingerprint density at radius 2 is 1.74 bits per heavy atom. The summed E-state index contributed by atoms with van der Waals surface area (Å²) in [7, 11) is -3.92. The molecule has 0 aromatic heterocycles. The summed E-state index contributed by atoms with van der Waals surface area (Å²) in [5, 5.41) is 10.5. The number of benzene rings is 2. The third kappa shape index (κ3) is 4.21. The molecule has 1 unspecified atom stereocenters. The van der Waals surface area contributed by atoms with Gasteiger partial charge in [-0.1, -0.05) is 29.3 Å². The molecule has 11 heteroatoms. The number of alkyl halides is 3. The predicted molar refractivity (Wildman–Crippen MR) is 97.6 cm³/mol. The lowest BCUT2D eigenvalue weighted by atomic mass is 10.0. The van der Waals surface area contributed by atoms with Gasteiger partial charge in [0.2, 0.25) is 10.0 Å². The van der Waals surface area contributed by atoms with Crippen molar-refractivity contribution in [3.05, 3.63) is 58.1 Å². The SMILES string of the molecule is NS(=O)(=O)c1ccc(N2N=C(C(F)(F)F)CC2c2ccc(Cl)cc2Cl)cc1. The van der Waals surface area contributed by atoms with E-state index in [9.17, 15) is 21.6 Å². The van der Waals surface area contributed by atoms with E-state index in [0.717, 1.165) is 5.01 Å². The first-order chi connectivity index (χ1) is 12.5. The van der Waals surface area contributed by atoms with E-state index in [4.69, 9.17) is 28.3 Å². The monoisotopic (exact) mass is 437 g/mol. The number of nitrogens with zero attached hydrogens (tertiary/aromatic N) is 2. The minimum absolute atomic E-state index is 0.161. The standard InChI is InChI=1S/C16H12Cl2F3N3O2S/c17-9-1-6-12(13(18)7-9)14-8-15(16(19,20)21)23-24(14)10-2-4-11(5-3-10)27(22,25)26/h1-7,14H,8H2,(H2,22,25,26). The molecule has 0 bridgehead atoms. The van der Waals surface area contributed by atoms with Crippen molar-refractivity contribution in [2.45, 2.75) is 23.5 Å². The molecule has 1 atom stereocenters. The van der Waals surface area contributed by atoms with Crippen molar-refractivity contribution in [2.24, 2.45) is 10.2 Å². The smallest absolute Gasteiger partial charge is 0.257 e. The van der Waals surface area contributed by atoms with Crippen molar-refractivity contribution >= 4 is 44.6 Å². The number of primary sulfonamides is 1. The molecule has 0 amide bonds. The third-order valence-corrected chi connectivity index (χ3v) is 5.48. The molecule has 1 aliphatic rings. The molecule has 2 aromatic rings. The average molecular weight is 438 g/mol. The van der Waals surface area contributed by atoms with Crippen LogP contribution in [0.15, 0.2) is 52.5 Å². The van der Waals surface area contributed by atoms with Crippen LogP contribution in [0.5, 0.6) is 0 Å². The summed E-state index contributed by atoms with van der Waals surface area (Å²) < 4.78 is 62.4. The molecular weight excluding hydrogens is 426 g/mol. The van der Waals surface area contributed by atoms with E-state index in [1.165, 1.54) is 42.5 Å². The minimum atomic E-state index is -4.60. The van der Waals surface area contributed by atoms with Crippen LogP contribution in [0.3, 0.4) is 0 Å². The van der Waals surface area contributed by atoms with Crippen LogP contribution < -0.4 is 10.1 Å². The van der Waals surface area contributed by atoms with Crippen LogP contribution in [0, 0.1) is 0 Å². The first-order valence-corrected chi connectivity index (χ1v) is 9.79. The molecule has 3 rings (SSSR count). The third-order valence-electron chi connectivity index (χ3n) is 3.99. The number of nitrogens with two attached hydrogens (primary N) is 1. The van der Waals surface area contributed by atoms with Crippen LogP contribution in [0.1, 0.15) is 18.0 Å². The first kappa shape index (κ1) is 19.9. The van der Waals surface area contributed by atoms with Gasteiger partial charge in [-0.25, -0.2) is 13.6 Å². The van der Waals surface area contributed by atoms with E-state index < -0.39 is 34.4 Å². The maximum absolute atomic E-state index is 13.2. The van der Waals surface area contributed by atoms with Gasteiger partial charge in [0.15, 0.2) is 0 Å². The fraction of sp³-hybridized carbons (Fsp3) is 0.188. The van der Waals surface area contributed by atoms with Gasteiger partial charge >= 0.3 is 6.18 Å². The summed E-state index contributed by atoms with van der Waals surface area (Å²) >= 11 is 12.0. The van der Waals surface area contributed by atoms with E-state index in [2.05, 4.69) is 5.10 Å². The molecule has 0 saturated heterocycles. The molecule has 0 spiro atoms. The highest BCUT2D eigenvalue weighted by molar-refractivity contribution is 7.89. The lowest BCUT2D eigenvalue weighted by Crippen LogP contribution is -2.21. The summed E-state index contributed by atoms with van der Waals surface area (Å²) in [6.45, 7) is 0. The van der Waals surface area contributed by atoms with Crippen molar-refractivity contribution in [3.8, 4) is 0 Å². The van der Waals surface area contributed by atoms with Gasteiger partial charge in [0, 0.05) is 16.5 Å². The van der Waals surface area contributed by atoms with Gasteiger partial charge < -0.3 is 0 Å². The Kier molecular flexibility index (Phi) is 5.15. The summed E-state index contributed by atoms with van der Waals surface area (Å²) in [5.41, 5.74) is -0.286. The summed E-state index contributed by atoms with van der Waals surface area (Å²) in [6, 6.07) is 8.74. The highest BCUT2D eigenvalue weighted by Gasteiger charge is 2.44. The highest BCUT2D eigenvalue weighted by Crippen LogP contribution is 2.41. The first-order valence-electron chi connectivity index (χ1n) is 7.48. The number of hydrogen-bond acceptors (Lipinski definition) is 4. The van der Waals surface area contributed by atoms with Crippen LogP contribution in [-0.2, 0) is 10.0 Å². The largest absolute Gasteiger partial charge is 0.431 e. The van der Waals surface area contributed by atoms with Gasteiger partial charge in [0.05, 0.1) is 16.6 Å². The maximum atomic E-state index is 13.2. The normalized spacial score (nSPS) is 17.9. The van der Waals surface area contributed by atoms with Crippen LogP contribution in [-0.4, -0.2) is 20.3 Å². The zero-order valence-corrected chi connectivity index (χ0v) is 15.7. The molecule has 144 valence electrons. The number of rotatable bonds is 3. The Bertz CT molecular complexity index is 1010. The second kappa shape index (κ2) is 6.97. The second-order valence-corrected chi connectivity index (χ2v) is 8.22. The molecule has 2 N–H and O–H groups in total. The van der Waals surface area contributed by atoms with Gasteiger partial charge in [0.25, 0.3) is 0 Å². The molecular formula is C16H12Cl2F3N3O2S. The summed E-state index contributed by atoms with van der Waals surface area (Å²) in [5.74, 6) is 0. The molecule has 2 aromatic carbocycles. The fourth-order valence-electron chi connectivity index (χ4n) is 2.72. The summed E-state index contributed by atoms with van der Waals surface area (Å²) in [4.78, 5) is -0.161. The number of sulfonamides is 1. The zero-order chi connectivity index (χ0) is 20.0. The zero-order valence-electron chi connectivity index (χ0n) is 13.4. The molecule has 0 radical (unpaired) electrons. The van der Waals surface area contributed by atoms with E-state index in [0.29, 0.717) is 10.6 Å². The van der Waals surface area contributed by atoms with Crippen LogP contribution in [0.2, 0.25) is 10.0 Å². The molecule has 5 nitrogen and oxygen atoms in total. The lowest BCUT2D eigenvalue weighted by molar-refractivity contribution is -0.0600. The molecule has 0 fully saturated rings. The average Bonchev–Trinajstić information content (AvgIpc) is 2.99. The minimum Gasteiger partial charge on any atom is -0.257 e. The maximum Gasteiger partial charge on any atom is 0.431 e. The predicted octanol–water partition coefficient (Wildman–Crippen LogP) is 4.51. The van der Waals surface area contributed by atoms with Crippen molar-refractivity contribution in [1.82, 2.24) is 0 Å². The number of hydrazone groups is 1. The van der Waals surface area contributed by atoms with Gasteiger partial charge in [-0.3, -0.25) is 5.01 Å². The Morgan fingerprint density at radius 1 is 1.11 bits per heavy atom. The molecule has 27 heavy (non-hydrogen) atoms. The van der Waals surface area contributed by atoms with Crippen molar-refractivity contribution < 1.29 is 21.6 Å². The topological polar surface area (TPSA) is 75.8 Å². The van der Waals surface area contributed by atoms with E-state index >= 15 is 0 Å². The fourth-order valence-corrected chi connectivity index (χ4v) is 3.77. The second-order valence-electron chi connectivity index (χ2n) is 5.81. The van der Waals surface area contributed by atoms with E-state index in [1.807, 2.05) is 0 Å². The van der Waals surface area contributed by atoms with Gasteiger partial charge in [0.1, 0.15) is 5.71 Å². The van der Waals surface area contributed by atoms with Crippen molar-refractivity contribution in [3.63, 3.8) is 0 Å². The lowest BCUT2D eigenvalue weighted by Gasteiger charge is -2.25. The van der Waals surface area contributed by atoms with Crippen molar-refractivity contribution in [2.75, 3.05) is 5.01 Å². The molecule has 0 saturated carbocycles. The number of anilines is 1. The quantitative estimate of drug-likeness (QED) is 0.767. The van der Waals surface area contributed by atoms with Crippen LogP contribution in [0.4, 0.5) is 18.9 Å². The Hall–Kier alpha value is -1.81. The van der Waals surface area contributed by atoms with E-state index in [-0.39, 0.29) is 15.6 Å². The summed E-state index contributed by atoms with van der Waals surface area (Å²) in [6.07, 6.45) is -5.02. The molecule has 1 aliphatic heterocycles. The van der Waals surface area contributed by atoms with Gasteiger partial charge in [-0.15, -0.1) is 0 Å². The van der Waals surface area contributed by atoms with Gasteiger partial charge in [-0.2, -0.15) is 18.3 Å². The van der Waals surface area contributed by atoms with Crippen molar-refractivity contribution in [1.29, 1.82) is 0 Å². The highest BCUT2D eigenvalue weighted by atomic mass is 35.5. The Labute approximate surface area is 163 Å². The van der Waals surface area contributed by atoms with Crippen LogP contribution >= 0.6 is 23.2 Å². The Balaban J connectivity index is 2.05.